The van der Waals surface area contributed by atoms with Gasteiger partial charge in [-0.15, -0.1) is 0 Å². The van der Waals surface area contributed by atoms with Crippen LogP contribution in [0.4, 0.5) is 5.69 Å². The first-order chi connectivity index (χ1) is 10.9. The first kappa shape index (κ1) is 14.4. The predicted molar refractivity (Wildman–Crippen MR) is 91.2 cm³/mol. The van der Waals surface area contributed by atoms with Crippen molar-refractivity contribution in [2.24, 2.45) is 5.73 Å². The van der Waals surface area contributed by atoms with Crippen molar-refractivity contribution in [1.29, 1.82) is 0 Å². The topological polar surface area (TPSA) is 55.9 Å². The zero-order chi connectivity index (χ0) is 15.2. The van der Waals surface area contributed by atoms with Gasteiger partial charge in [-0.3, -0.25) is 0 Å². The Bertz CT molecular complexity index is 704. The van der Waals surface area contributed by atoms with Crippen LogP contribution in [0.3, 0.4) is 0 Å². The standard InChI is InChI=1S/C18H20N4/c19-12-7-13-20-17-14-21-22(16-10-5-2-6-11-16)18(17)15-8-3-1-4-9-15/h1-6,8-11,14,20H,7,12-13,19H2. The molecule has 3 N–H and O–H groups in total. The van der Waals surface area contributed by atoms with Crippen molar-refractivity contribution in [1.82, 2.24) is 9.78 Å². The molecule has 0 atom stereocenters. The minimum Gasteiger partial charge on any atom is -0.382 e. The molecule has 1 heterocycles. The maximum Gasteiger partial charge on any atom is 0.0972 e. The van der Waals surface area contributed by atoms with Crippen molar-refractivity contribution in [2.45, 2.75) is 6.42 Å². The predicted octanol–water partition coefficient (Wildman–Crippen LogP) is 3.30. The summed E-state index contributed by atoms with van der Waals surface area (Å²) >= 11 is 0. The summed E-state index contributed by atoms with van der Waals surface area (Å²) in [6, 6.07) is 20.5. The molecule has 0 fully saturated rings. The number of aromatic nitrogens is 2. The van der Waals surface area contributed by atoms with Crippen molar-refractivity contribution >= 4 is 5.69 Å². The van der Waals surface area contributed by atoms with Crippen LogP contribution in [0.2, 0.25) is 0 Å². The lowest BCUT2D eigenvalue weighted by Gasteiger charge is -2.11. The minimum absolute atomic E-state index is 0.681. The summed E-state index contributed by atoms with van der Waals surface area (Å²) in [5, 5.41) is 8.00. The second-order valence-electron chi connectivity index (χ2n) is 5.09. The van der Waals surface area contributed by atoms with Crippen molar-refractivity contribution in [3.05, 3.63) is 66.9 Å². The van der Waals surface area contributed by atoms with E-state index in [1.54, 1.807) is 0 Å². The van der Waals surface area contributed by atoms with Gasteiger partial charge >= 0.3 is 0 Å². The summed E-state index contributed by atoms with van der Waals surface area (Å²) in [7, 11) is 0. The van der Waals surface area contributed by atoms with E-state index in [1.807, 2.05) is 47.3 Å². The van der Waals surface area contributed by atoms with Gasteiger partial charge in [0.2, 0.25) is 0 Å². The normalized spacial score (nSPS) is 10.6. The summed E-state index contributed by atoms with van der Waals surface area (Å²) in [5.41, 5.74) is 9.87. The van der Waals surface area contributed by atoms with Crippen LogP contribution in [0.1, 0.15) is 6.42 Å². The maximum absolute atomic E-state index is 5.58. The lowest BCUT2D eigenvalue weighted by atomic mass is 10.1. The molecule has 0 saturated carbocycles. The van der Waals surface area contributed by atoms with Gasteiger partial charge in [-0.2, -0.15) is 5.10 Å². The average molecular weight is 292 g/mol. The Morgan fingerprint density at radius 3 is 2.32 bits per heavy atom. The number of benzene rings is 2. The molecule has 0 spiro atoms. The maximum atomic E-state index is 5.58. The highest BCUT2D eigenvalue weighted by Crippen LogP contribution is 2.30. The molecule has 4 nitrogen and oxygen atoms in total. The highest BCUT2D eigenvalue weighted by Gasteiger charge is 2.13. The fourth-order valence-electron chi connectivity index (χ4n) is 2.44. The third kappa shape index (κ3) is 3.02. The molecule has 0 aliphatic rings. The Hall–Kier alpha value is -2.59. The van der Waals surface area contributed by atoms with Gasteiger partial charge in [0.05, 0.1) is 23.3 Å². The number of nitrogens with zero attached hydrogens (tertiary/aromatic N) is 2. The fraction of sp³-hybridized carbons (Fsp3) is 0.167. The SMILES string of the molecule is NCCCNc1cnn(-c2ccccc2)c1-c1ccccc1. The van der Waals surface area contributed by atoms with Gasteiger partial charge in [0, 0.05) is 12.1 Å². The number of hydrogen-bond donors (Lipinski definition) is 2. The molecule has 0 radical (unpaired) electrons. The molecule has 0 saturated heterocycles. The van der Waals surface area contributed by atoms with Gasteiger partial charge in [0.15, 0.2) is 0 Å². The highest BCUT2D eigenvalue weighted by molar-refractivity contribution is 5.76. The Kier molecular flexibility index (Phi) is 4.51. The molecular formula is C18H20N4. The molecule has 0 bridgehead atoms. The number of nitrogens with two attached hydrogens (primary N) is 1. The second kappa shape index (κ2) is 6.91. The lowest BCUT2D eigenvalue weighted by molar-refractivity contribution is 0.874. The number of para-hydroxylation sites is 1. The Balaban J connectivity index is 2.04. The Morgan fingerprint density at radius 2 is 1.64 bits per heavy atom. The number of nitrogens with one attached hydrogen (secondary N) is 1. The Labute approximate surface area is 130 Å². The molecule has 0 unspecified atom stereocenters. The van der Waals surface area contributed by atoms with Crippen LogP contribution in [0.15, 0.2) is 66.9 Å². The zero-order valence-corrected chi connectivity index (χ0v) is 12.4. The third-order valence-corrected chi connectivity index (χ3v) is 3.51. The smallest absolute Gasteiger partial charge is 0.0972 e. The van der Waals surface area contributed by atoms with E-state index in [1.165, 1.54) is 0 Å². The van der Waals surface area contributed by atoms with Crippen LogP contribution in [-0.4, -0.2) is 22.9 Å². The summed E-state index contributed by atoms with van der Waals surface area (Å²) in [5.74, 6) is 0. The van der Waals surface area contributed by atoms with Crippen LogP contribution >= 0.6 is 0 Å². The first-order valence-corrected chi connectivity index (χ1v) is 7.53. The van der Waals surface area contributed by atoms with Crippen molar-refractivity contribution in [3.63, 3.8) is 0 Å². The van der Waals surface area contributed by atoms with E-state index >= 15 is 0 Å². The third-order valence-electron chi connectivity index (χ3n) is 3.51. The van der Waals surface area contributed by atoms with Crippen molar-refractivity contribution in [2.75, 3.05) is 18.4 Å². The Morgan fingerprint density at radius 1 is 0.955 bits per heavy atom. The molecule has 3 aromatic rings. The van der Waals surface area contributed by atoms with E-state index in [0.29, 0.717) is 6.54 Å². The average Bonchev–Trinajstić information content (AvgIpc) is 3.01. The van der Waals surface area contributed by atoms with Gasteiger partial charge in [0.1, 0.15) is 0 Å². The zero-order valence-electron chi connectivity index (χ0n) is 12.4. The quantitative estimate of drug-likeness (QED) is 0.685. The summed E-state index contributed by atoms with van der Waals surface area (Å²) < 4.78 is 1.97. The molecule has 1 aromatic heterocycles. The van der Waals surface area contributed by atoms with Gasteiger partial charge in [-0.1, -0.05) is 48.5 Å². The van der Waals surface area contributed by atoms with E-state index in [0.717, 1.165) is 35.6 Å². The molecule has 0 amide bonds. The number of anilines is 1. The molecule has 2 aromatic carbocycles. The van der Waals surface area contributed by atoms with Crippen LogP contribution in [0, 0.1) is 0 Å². The molecule has 112 valence electrons. The molecule has 0 aliphatic heterocycles. The van der Waals surface area contributed by atoms with E-state index in [-0.39, 0.29) is 0 Å². The summed E-state index contributed by atoms with van der Waals surface area (Å²) in [6.45, 7) is 1.53. The van der Waals surface area contributed by atoms with Crippen LogP contribution in [-0.2, 0) is 0 Å². The molecule has 0 aliphatic carbocycles. The summed E-state index contributed by atoms with van der Waals surface area (Å²) in [6.07, 6.45) is 2.82. The van der Waals surface area contributed by atoms with Crippen molar-refractivity contribution in [3.8, 4) is 16.9 Å². The van der Waals surface area contributed by atoms with E-state index in [4.69, 9.17) is 5.73 Å². The van der Waals surface area contributed by atoms with Crippen LogP contribution < -0.4 is 11.1 Å². The van der Waals surface area contributed by atoms with E-state index in [9.17, 15) is 0 Å². The van der Waals surface area contributed by atoms with E-state index < -0.39 is 0 Å². The minimum atomic E-state index is 0.681. The largest absolute Gasteiger partial charge is 0.382 e. The number of hydrogen-bond acceptors (Lipinski definition) is 3. The highest BCUT2D eigenvalue weighted by atomic mass is 15.3. The van der Waals surface area contributed by atoms with E-state index in [2.05, 4.69) is 34.7 Å². The monoisotopic (exact) mass is 292 g/mol. The van der Waals surface area contributed by atoms with Crippen molar-refractivity contribution < 1.29 is 0 Å². The fourth-order valence-corrected chi connectivity index (χ4v) is 2.44. The van der Waals surface area contributed by atoms with Gasteiger partial charge in [-0.05, 0) is 25.1 Å². The lowest BCUT2D eigenvalue weighted by Crippen LogP contribution is -2.09. The van der Waals surface area contributed by atoms with Gasteiger partial charge in [0.25, 0.3) is 0 Å². The second-order valence-corrected chi connectivity index (χ2v) is 5.09. The number of rotatable bonds is 6. The summed E-state index contributed by atoms with van der Waals surface area (Å²) in [4.78, 5) is 0. The first-order valence-electron chi connectivity index (χ1n) is 7.53. The molecule has 4 heteroatoms. The van der Waals surface area contributed by atoms with Crippen LogP contribution in [0.5, 0.6) is 0 Å². The van der Waals surface area contributed by atoms with Gasteiger partial charge < -0.3 is 11.1 Å². The van der Waals surface area contributed by atoms with Gasteiger partial charge in [-0.25, -0.2) is 4.68 Å². The molecule has 22 heavy (non-hydrogen) atoms. The molecule has 3 rings (SSSR count). The van der Waals surface area contributed by atoms with Crippen LogP contribution in [0.25, 0.3) is 16.9 Å². The molecular weight excluding hydrogens is 272 g/mol.